The first-order valence-corrected chi connectivity index (χ1v) is 11.9. The van der Waals surface area contributed by atoms with E-state index in [-0.39, 0.29) is 39.4 Å². The van der Waals surface area contributed by atoms with Gasteiger partial charge in [0, 0.05) is 18.7 Å². The first-order valence-electron chi connectivity index (χ1n) is 8.20. The summed E-state index contributed by atoms with van der Waals surface area (Å²) in [7, 11) is -2.14. The standard InChI is InChI=1S/C16H21BrF3N3O3Si/c1-15(2,3)27(4,5)26-7-6-22-12-9-10(23(24)25)8-11(17)13(12)21-14(22)16(18,19)20/h8-9H,6-7H2,1-5H3. The second-order valence-electron chi connectivity index (χ2n) is 7.75. The second-order valence-corrected chi connectivity index (χ2v) is 13.4. The maximum absolute atomic E-state index is 13.5. The number of nitro benzene ring substituents is 1. The molecule has 2 aromatic rings. The van der Waals surface area contributed by atoms with E-state index in [9.17, 15) is 23.3 Å². The van der Waals surface area contributed by atoms with Crippen molar-refractivity contribution >= 4 is 41.0 Å². The predicted octanol–water partition coefficient (Wildman–Crippen LogP) is 5.75. The average molecular weight is 468 g/mol. The van der Waals surface area contributed by atoms with Gasteiger partial charge in [-0.15, -0.1) is 0 Å². The minimum absolute atomic E-state index is 0.0280. The lowest BCUT2D eigenvalue weighted by Gasteiger charge is -2.36. The molecule has 0 amide bonds. The van der Waals surface area contributed by atoms with E-state index < -0.39 is 25.2 Å². The van der Waals surface area contributed by atoms with E-state index in [0.29, 0.717) is 0 Å². The second kappa shape index (κ2) is 7.17. The summed E-state index contributed by atoms with van der Waals surface area (Å²) in [5, 5.41) is 11.0. The van der Waals surface area contributed by atoms with Gasteiger partial charge >= 0.3 is 6.18 Å². The summed E-state index contributed by atoms with van der Waals surface area (Å²) in [4.78, 5) is 14.1. The number of hydrogen-bond donors (Lipinski definition) is 0. The Labute approximate surface area is 164 Å². The number of hydrogen-bond acceptors (Lipinski definition) is 4. The van der Waals surface area contributed by atoms with Crippen molar-refractivity contribution in [3.05, 3.63) is 32.5 Å². The molecule has 150 valence electrons. The van der Waals surface area contributed by atoms with Gasteiger partial charge in [0.25, 0.3) is 5.69 Å². The van der Waals surface area contributed by atoms with Crippen LogP contribution in [-0.4, -0.2) is 29.4 Å². The summed E-state index contributed by atoms with van der Waals surface area (Å²) in [6.07, 6.45) is -4.69. The van der Waals surface area contributed by atoms with Gasteiger partial charge in [0.2, 0.25) is 5.82 Å². The molecule has 1 heterocycles. The highest BCUT2D eigenvalue weighted by Crippen LogP contribution is 2.38. The highest BCUT2D eigenvalue weighted by atomic mass is 79.9. The number of halogens is 4. The fraction of sp³-hybridized carbons (Fsp3) is 0.562. The molecule has 0 aliphatic carbocycles. The van der Waals surface area contributed by atoms with Crippen LogP contribution in [-0.2, 0) is 17.1 Å². The van der Waals surface area contributed by atoms with Crippen LogP contribution in [0.2, 0.25) is 18.1 Å². The molecule has 0 spiro atoms. The fourth-order valence-corrected chi connectivity index (χ4v) is 3.89. The molecule has 0 unspecified atom stereocenters. The number of imidazole rings is 1. The van der Waals surface area contributed by atoms with E-state index in [1.807, 2.05) is 33.9 Å². The van der Waals surface area contributed by atoms with Crippen LogP contribution in [0, 0.1) is 10.1 Å². The summed E-state index contributed by atoms with van der Waals surface area (Å²) >= 11 is 3.08. The zero-order valence-electron chi connectivity index (χ0n) is 15.6. The molecule has 1 aromatic carbocycles. The van der Waals surface area contributed by atoms with E-state index in [1.54, 1.807) is 0 Å². The van der Waals surface area contributed by atoms with Crippen molar-refractivity contribution in [3.63, 3.8) is 0 Å². The normalized spacial score (nSPS) is 13.4. The minimum Gasteiger partial charge on any atom is -0.415 e. The molecular formula is C16H21BrF3N3O3Si. The van der Waals surface area contributed by atoms with Crippen molar-refractivity contribution in [3.8, 4) is 0 Å². The molecule has 0 saturated heterocycles. The molecule has 11 heteroatoms. The predicted molar refractivity (Wildman–Crippen MR) is 102 cm³/mol. The Hall–Kier alpha value is -1.46. The van der Waals surface area contributed by atoms with Crippen LogP contribution >= 0.6 is 15.9 Å². The maximum Gasteiger partial charge on any atom is 0.449 e. The zero-order valence-corrected chi connectivity index (χ0v) is 18.2. The SMILES string of the molecule is CC(C)(C)[Si](C)(C)OCCn1c(C(F)(F)F)nc2c(Br)cc([N+](=O)[O-])cc21. The lowest BCUT2D eigenvalue weighted by molar-refractivity contribution is -0.384. The number of alkyl halides is 3. The molecule has 0 fully saturated rings. The van der Waals surface area contributed by atoms with Crippen LogP contribution in [0.25, 0.3) is 11.0 Å². The van der Waals surface area contributed by atoms with Crippen molar-refractivity contribution in [2.24, 2.45) is 0 Å². The minimum atomic E-state index is -4.69. The van der Waals surface area contributed by atoms with E-state index in [0.717, 1.165) is 16.7 Å². The Morgan fingerprint density at radius 1 is 1.30 bits per heavy atom. The Bertz CT molecular complexity index is 876. The van der Waals surface area contributed by atoms with Crippen LogP contribution in [0.5, 0.6) is 0 Å². The number of rotatable bonds is 5. The van der Waals surface area contributed by atoms with Crippen LogP contribution in [0.3, 0.4) is 0 Å². The van der Waals surface area contributed by atoms with Crippen LogP contribution in [0.15, 0.2) is 16.6 Å². The summed E-state index contributed by atoms with van der Waals surface area (Å²) in [5.41, 5.74) is -0.239. The molecule has 0 aliphatic heterocycles. The number of non-ortho nitro benzene ring substituents is 1. The largest absolute Gasteiger partial charge is 0.449 e. The zero-order chi connectivity index (χ0) is 20.8. The first-order chi connectivity index (χ1) is 12.1. The van der Waals surface area contributed by atoms with Gasteiger partial charge in [0.1, 0.15) is 5.52 Å². The highest BCUT2D eigenvalue weighted by Gasteiger charge is 2.39. The van der Waals surface area contributed by atoms with Crippen molar-refractivity contribution in [2.75, 3.05) is 6.61 Å². The topological polar surface area (TPSA) is 70.2 Å². The van der Waals surface area contributed by atoms with Gasteiger partial charge in [-0.05, 0) is 34.1 Å². The third-order valence-corrected chi connectivity index (χ3v) is 9.98. The van der Waals surface area contributed by atoms with Crippen molar-refractivity contribution in [1.29, 1.82) is 0 Å². The Balaban J connectivity index is 2.48. The van der Waals surface area contributed by atoms with Gasteiger partial charge in [-0.3, -0.25) is 10.1 Å². The number of benzene rings is 1. The van der Waals surface area contributed by atoms with Gasteiger partial charge < -0.3 is 8.99 Å². The Kier molecular flexibility index (Phi) is 5.80. The van der Waals surface area contributed by atoms with E-state index >= 15 is 0 Å². The molecule has 0 atom stereocenters. The van der Waals surface area contributed by atoms with Gasteiger partial charge in [0.15, 0.2) is 8.32 Å². The van der Waals surface area contributed by atoms with Crippen molar-refractivity contribution < 1.29 is 22.5 Å². The highest BCUT2D eigenvalue weighted by molar-refractivity contribution is 9.10. The maximum atomic E-state index is 13.5. The quantitative estimate of drug-likeness (QED) is 0.319. The number of fused-ring (bicyclic) bond motifs is 1. The van der Waals surface area contributed by atoms with Crippen molar-refractivity contribution in [1.82, 2.24) is 9.55 Å². The smallest absolute Gasteiger partial charge is 0.415 e. The first kappa shape index (κ1) is 21.8. The monoisotopic (exact) mass is 467 g/mol. The van der Waals surface area contributed by atoms with Gasteiger partial charge in [0.05, 0.1) is 21.5 Å². The van der Waals surface area contributed by atoms with E-state index in [4.69, 9.17) is 4.43 Å². The summed E-state index contributed by atoms with van der Waals surface area (Å²) in [6.45, 7) is 10.1. The number of aromatic nitrogens is 2. The summed E-state index contributed by atoms with van der Waals surface area (Å²) in [5.74, 6) is -1.10. The van der Waals surface area contributed by atoms with Crippen molar-refractivity contribution in [2.45, 2.75) is 51.6 Å². The Morgan fingerprint density at radius 2 is 1.89 bits per heavy atom. The number of nitrogens with zero attached hydrogens (tertiary/aromatic N) is 3. The third kappa shape index (κ3) is 4.52. The van der Waals surface area contributed by atoms with E-state index in [2.05, 4.69) is 20.9 Å². The molecule has 6 nitrogen and oxygen atoms in total. The van der Waals surface area contributed by atoms with Crippen LogP contribution < -0.4 is 0 Å². The molecule has 0 N–H and O–H groups in total. The lowest BCUT2D eigenvalue weighted by Crippen LogP contribution is -2.41. The summed E-state index contributed by atoms with van der Waals surface area (Å²) < 4.78 is 47.4. The third-order valence-electron chi connectivity index (χ3n) is 4.84. The molecular weight excluding hydrogens is 447 g/mol. The molecule has 0 saturated carbocycles. The molecule has 0 radical (unpaired) electrons. The van der Waals surface area contributed by atoms with E-state index in [1.165, 1.54) is 0 Å². The van der Waals surface area contributed by atoms with Crippen LogP contribution in [0.1, 0.15) is 26.6 Å². The van der Waals surface area contributed by atoms with Gasteiger partial charge in [-0.1, -0.05) is 20.8 Å². The molecule has 2 rings (SSSR count). The summed E-state index contributed by atoms with van der Waals surface area (Å²) in [6, 6.07) is 2.25. The van der Waals surface area contributed by atoms with Gasteiger partial charge in [-0.2, -0.15) is 13.2 Å². The fourth-order valence-electron chi connectivity index (χ4n) is 2.32. The van der Waals surface area contributed by atoms with Gasteiger partial charge in [-0.25, -0.2) is 4.98 Å². The molecule has 1 aromatic heterocycles. The molecule has 0 aliphatic rings. The Morgan fingerprint density at radius 3 is 2.37 bits per heavy atom. The number of nitro groups is 1. The molecule has 0 bridgehead atoms. The molecule has 27 heavy (non-hydrogen) atoms. The average Bonchev–Trinajstić information content (AvgIpc) is 2.85. The van der Waals surface area contributed by atoms with Crippen LogP contribution in [0.4, 0.5) is 18.9 Å². The lowest BCUT2D eigenvalue weighted by atomic mass is 10.2.